The van der Waals surface area contributed by atoms with E-state index < -0.39 is 10.8 Å². The fourth-order valence-electron chi connectivity index (χ4n) is 1.30. The van der Waals surface area contributed by atoms with Gasteiger partial charge in [0.25, 0.3) is 5.69 Å². The largest absolute Gasteiger partial charge is 0.399 e. The van der Waals surface area contributed by atoms with Gasteiger partial charge in [0.2, 0.25) is 5.91 Å². The topological polar surface area (TPSA) is 137 Å². The van der Waals surface area contributed by atoms with E-state index in [1.54, 1.807) is 36.4 Å². The second-order valence-electron chi connectivity index (χ2n) is 4.17. The summed E-state index contributed by atoms with van der Waals surface area (Å²) in [6.07, 6.45) is 1.06. The highest BCUT2D eigenvalue weighted by Gasteiger charge is 2.02. The number of nitro benzene ring substituents is 1. The van der Waals surface area contributed by atoms with Crippen molar-refractivity contribution in [3.05, 3.63) is 71.3 Å². The Morgan fingerprint density at radius 2 is 1.43 bits per heavy atom. The average molecular weight is 313 g/mol. The molecule has 0 saturated heterocycles. The van der Waals surface area contributed by atoms with Crippen LogP contribution in [0.4, 0.5) is 22.7 Å². The number of azo groups is 1. The number of hydrogen-bond acceptors (Lipinski definition) is 6. The molecule has 8 heteroatoms. The first-order valence-electron chi connectivity index (χ1n) is 6.36. The molecule has 0 radical (unpaired) electrons. The van der Waals surface area contributed by atoms with Gasteiger partial charge in [-0.25, -0.2) is 0 Å². The van der Waals surface area contributed by atoms with Gasteiger partial charge < -0.3 is 11.5 Å². The predicted molar refractivity (Wildman–Crippen MR) is 87.5 cm³/mol. The molecular weight excluding hydrogens is 298 g/mol. The summed E-state index contributed by atoms with van der Waals surface area (Å²) in [6.45, 7) is 3.09. The Balaban J connectivity index is 0.000000463. The number of nitrogens with zero attached hydrogens (tertiary/aromatic N) is 3. The maximum atomic E-state index is 10.5. The highest BCUT2D eigenvalue weighted by Crippen LogP contribution is 2.21. The Morgan fingerprint density at radius 3 is 1.78 bits per heavy atom. The van der Waals surface area contributed by atoms with Crippen LogP contribution in [0.25, 0.3) is 0 Å². The summed E-state index contributed by atoms with van der Waals surface area (Å²) in [7, 11) is 0. The molecular formula is C15H15N5O3. The number of anilines is 1. The lowest BCUT2D eigenvalue weighted by Gasteiger charge is -1.94. The maximum absolute atomic E-state index is 10.5. The van der Waals surface area contributed by atoms with E-state index in [1.165, 1.54) is 12.1 Å². The lowest BCUT2D eigenvalue weighted by molar-refractivity contribution is -0.384. The Labute approximate surface area is 132 Å². The van der Waals surface area contributed by atoms with Crippen molar-refractivity contribution < 1.29 is 9.72 Å². The number of non-ortho nitro benzene ring substituents is 1. The van der Waals surface area contributed by atoms with Gasteiger partial charge in [0.1, 0.15) is 0 Å². The predicted octanol–water partition coefficient (Wildman–Crippen LogP) is 3.25. The van der Waals surface area contributed by atoms with E-state index in [4.69, 9.17) is 5.73 Å². The molecule has 23 heavy (non-hydrogen) atoms. The Bertz CT molecular complexity index is 709. The number of nitrogens with two attached hydrogens (primary N) is 2. The van der Waals surface area contributed by atoms with E-state index in [2.05, 4.69) is 22.5 Å². The molecule has 118 valence electrons. The summed E-state index contributed by atoms with van der Waals surface area (Å²) in [6, 6.07) is 12.8. The minimum absolute atomic E-state index is 0.0291. The third-order valence-electron chi connectivity index (χ3n) is 2.44. The molecule has 4 N–H and O–H groups in total. The van der Waals surface area contributed by atoms with Crippen LogP contribution >= 0.6 is 0 Å². The smallest absolute Gasteiger partial charge is 0.269 e. The minimum atomic E-state index is -0.481. The van der Waals surface area contributed by atoms with Crippen molar-refractivity contribution in [1.29, 1.82) is 0 Å². The van der Waals surface area contributed by atoms with E-state index in [9.17, 15) is 14.9 Å². The van der Waals surface area contributed by atoms with E-state index in [0.717, 1.165) is 6.08 Å². The van der Waals surface area contributed by atoms with Crippen LogP contribution in [-0.2, 0) is 4.79 Å². The Hall–Kier alpha value is -3.55. The van der Waals surface area contributed by atoms with Gasteiger partial charge in [-0.05, 0) is 42.5 Å². The number of rotatable bonds is 4. The molecule has 0 heterocycles. The van der Waals surface area contributed by atoms with E-state index in [-0.39, 0.29) is 5.69 Å². The molecule has 2 aromatic rings. The molecule has 0 fully saturated rings. The van der Waals surface area contributed by atoms with Gasteiger partial charge in [-0.3, -0.25) is 14.9 Å². The fraction of sp³-hybridized carbons (Fsp3) is 0. The molecule has 0 atom stereocenters. The van der Waals surface area contributed by atoms with Crippen LogP contribution in [0.15, 0.2) is 71.4 Å². The number of amides is 1. The number of hydrogen-bond donors (Lipinski definition) is 2. The minimum Gasteiger partial charge on any atom is -0.399 e. The van der Waals surface area contributed by atoms with Gasteiger partial charge in [0, 0.05) is 17.8 Å². The summed E-state index contributed by atoms with van der Waals surface area (Å²) < 4.78 is 0. The molecule has 2 rings (SSSR count). The van der Waals surface area contributed by atoms with E-state index in [1.807, 2.05) is 0 Å². The number of nitrogen functional groups attached to an aromatic ring is 1. The lowest BCUT2D eigenvalue weighted by Crippen LogP contribution is -2.04. The van der Waals surface area contributed by atoms with Gasteiger partial charge in [-0.2, -0.15) is 10.2 Å². The summed E-state index contributed by atoms with van der Waals surface area (Å²) in [5, 5.41) is 18.4. The van der Waals surface area contributed by atoms with Crippen LogP contribution in [0, 0.1) is 10.1 Å². The summed E-state index contributed by atoms with van der Waals surface area (Å²) in [4.78, 5) is 19.5. The number of carbonyl (C=O) groups excluding carboxylic acids is 1. The number of nitro groups is 1. The van der Waals surface area contributed by atoms with Gasteiger partial charge in [0.15, 0.2) is 0 Å². The molecule has 2 aromatic carbocycles. The van der Waals surface area contributed by atoms with Crippen LogP contribution in [0.5, 0.6) is 0 Å². The molecule has 0 saturated carbocycles. The first-order chi connectivity index (χ1) is 10.9. The molecule has 0 unspecified atom stereocenters. The quantitative estimate of drug-likeness (QED) is 0.294. The van der Waals surface area contributed by atoms with Crippen molar-refractivity contribution in [2.45, 2.75) is 0 Å². The third-order valence-corrected chi connectivity index (χ3v) is 2.44. The zero-order chi connectivity index (χ0) is 17.2. The Morgan fingerprint density at radius 1 is 1.04 bits per heavy atom. The lowest BCUT2D eigenvalue weighted by atomic mass is 10.3. The van der Waals surface area contributed by atoms with Gasteiger partial charge in [-0.15, -0.1) is 0 Å². The van der Waals surface area contributed by atoms with Crippen LogP contribution in [0.3, 0.4) is 0 Å². The van der Waals surface area contributed by atoms with Gasteiger partial charge in [0.05, 0.1) is 16.3 Å². The van der Waals surface area contributed by atoms with Crippen LogP contribution in [0.1, 0.15) is 0 Å². The molecule has 0 aliphatic carbocycles. The molecule has 0 aliphatic heterocycles. The zero-order valence-corrected chi connectivity index (χ0v) is 12.1. The van der Waals surface area contributed by atoms with Crippen LogP contribution in [-0.4, -0.2) is 10.8 Å². The summed E-state index contributed by atoms with van der Waals surface area (Å²) in [5.41, 5.74) is 12.0. The first-order valence-corrected chi connectivity index (χ1v) is 6.36. The molecule has 0 spiro atoms. The van der Waals surface area contributed by atoms with E-state index in [0.29, 0.717) is 17.1 Å². The average Bonchev–Trinajstić information content (AvgIpc) is 2.55. The summed E-state index contributed by atoms with van der Waals surface area (Å²) >= 11 is 0. The van der Waals surface area contributed by atoms with Crippen molar-refractivity contribution in [1.82, 2.24) is 0 Å². The molecule has 0 bridgehead atoms. The van der Waals surface area contributed by atoms with Crippen molar-refractivity contribution in [3.8, 4) is 0 Å². The SMILES string of the molecule is C=CC(N)=O.Nc1ccc(/N=N/c2ccc([N+](=O)[O-])cc2)cc1. The van der Waals surface area contributed by atoms with Crippen LogP contribution in [0.2, 0.25) is 0 Å². The molecule has 0 aliphatic rings. The monoisotopic (exact) mass is 313 g/mol. The molecule has 8 nitrogen and oxygen atoms in total. The van der Waals surface area contributed by atoms with Crippen molar-refractivity contribution in [3.63, 3.8) is 0 Å². The standard InChI is InChI=1S/C12H10N4O2.C3H5NO/c13-9-1-3-10(4-2-9)14-15-11-5-7-12(8-6-11)16(17)18;1-2-3(4)5/h1-8H,13H2;2H,1H2,(H2,4,5)/b15-14+;. The number of benzene rings is 2. The second-order valence-corrected chi connectivity index (χ2v) is 4.17. The van der Waals surface area contributed by atoms with Gasteiger partial charge >= 0.3 is 0 Å². The van der Waals surface area contributed by atoms with Crippen molar-refractivity contribution >= 4 is 28.7 Å². The Kier molecular flexibility index (Phi) is 6.60. The fourth-order valence-corrected chi connectivity index (χ4v) is 1.30. The van der Waals surface area contributed by atoms with Gasteiger partial charge in [-0.1, -0.05) is 6.58 Å². The van der Waals surface area contributed by atoms with E-state index >= 15 is 0 Å². The third kappa shape index (κ3) is 6.63. The summed E-state index contributed by atoms with van der Waals surface area (Å²) in [5.74, 6) is -0.481. The molecule has 1 amide bonds. The van der Waals surface area contributed by atoms with Crippen molar-refractivity contribution in [2.75, 3.05) is 5.73 Å². The number of primary amides is 1. The number of carbonyl (C=O) groups is 1. The second kappa shape index (κ2) is 8.67. The maximum Gasteiger partial charge on any atom is 0.269 e. The van der Waals surface area contributed by atoms with Crippen LogP contribution < -0.4 is 11.5 Å². The highest BCUT2D eigenvalue weighted by molar-refractivity contribution is 5.84. The normalized spacial score (nSPS) is 9.74. The zero-order valence-electron chi connectivity index (χ0n) is 12.1. The molecule has 0 aromatic heterocycles. The highest BCUT2D eigenvalue weighted by atomic mass is 16.6. The first kappa shape index (κ1) is 17.5. The van der Waals surface area contributed by atoms with Crippen molar-refractivity contribution in [2.24, 2.45) is 16.0 Å².